The lowest BCUT2D eigenvalue weighted by Gasteiger charge is -2.59. The van der Waals surface area contributed by atoms with Crippen molar-refractivity contribution in [2.75, 3.05) is 37.7 Å². The topological polar surface area (TPSA) is 102 Å². The van der Waals surface area contributed by atoms with Crippen LogP contribution in [0.25, 0.3) is 0 Å². The molecule has 3 aliphatic heterocycles. The Morgan fingerprint density at radius 2 is 1.95 bits per heavy atom. The lowest BCUT2D eigenvalue weighted by molar-refractivity contribution is -0.0349. The fourth-order valence-electron chi connectivity index (χ4n) is 7.21. The number of aromatic nitrogens is 3. The number of hydrogen-bond acceptors (Lipinski definition) is 9. The molecular formula is C33H39FN6O4. The third kappa shape index (κ3) is 5.59. The molecule has 1 saturated carbocycles. The summed E-state index contributed by atoms with van der Waals surface area (Å²) in [6.07, 6.45) is 9.51. The maximum atomic E-state index is 14.5. The number of anilines is 1. The molecule has 1 aliphatic carbocycles. The summed E-state index contributed by atoms with van der Waals surface area (Å²) < 4.78 is 32.8. The molecule has 1 spiro atoms. The van der Waals surface area contributed by atoms with E-state index in [1.165, 1.54) is 30.1 Å². The maximum Gasteiger partial charge on any atom is 0.258 e. The van der Waals surface area contributed by atoms with Gasteiger partial charge in [-0.05, 0) is 63.8 Å². The average molecular weight is 603 g/mol. The molecule has 10 nitrogen and oxygen atoms in total. The van der Waals surface area contributed by atoms with Crippen LogP contribution < -0.4 is 19.7 Å². The zero-order valence-electron chi connectivity index (χ0n) is 25.3. The fraction of sp³-hybridized carbons (Fsp3) is 0.515. The van der Waals surface area contributed by atoms with Crippen LogP contribution in [0.1, 0.15) is 61.1 Å². The van der Waals surface area contributed by atoms with Crippen molar-refractivity contribution in [2.45, 2.75) is 70.7 Å². The number of nitrogens with zero attached hydrogens (tertiary/aromatic N) is 5. The van der Waals surface area contributed by atoms with Crippen molar-refractivity contribution in [3.63, 3.8) is 0 Å². The van der Waals surface area contributed by atoms with Crippen molar-refractivity contribution in [2.24, 2.45) is 5.41 Å². The first kappa shape index (κ1) is 28.9. The molecule has 1 aromatic carbocycles. The van der Waals surface area contributed by atoms with E-state index in [-0.39, 0.29) is 40.8 Å². The highest BCUT2D eigenvalue weighted by Gasteiger charge is 2.54. The van der Waals surface area contributed by atoms with E-state index < -0.39 is 5.82 Å². The third-order valence-corrected chi connectivity index (χ3v) is 9.34. The molecule has 232 valence electrons. The number of carbonyl (C=O) groups is 1. The summed E-state index contributed by atoms with van der Waals surface area (Å²) in [5.74, 6) is 1.59. The molecule has 11 heteroatoms. The standard InChI is InChI=1S/C33H39FN6O4/c1-21(2)40(23-7-11-42-12-8-23)32(41)25-13-22(34)3-4-28(25)44-30-17-36-20-38-31(30)39-18-33(19-39)14-24(15-33)43-29-6-10-37-27-5-9-35-16-26(27)29/h3-4,6,10,13,17,20-21,23-24,35H,5,7-9,11-12,14-16,18-19H2,1-2H3. The van der Waals surface area contributed by atoms with Crippen molar-refractivity contribution >= 4 is 11.7 Å². The zero-order valence-corrected chi connectivity index (χ0v) is 25.3. The van der Waals surface area contributed by atoms with Gasteiger partial charge < -0.3 is 29.3 Å². The number of amides is 1. The van der Waals surface area contributed by atoms with E-state index in [0.29, 0.717) is 24.8 Å². The number of fused-ring (bicyclic) bond motifs is 1. The van der Waals surface area contributed by atoms with Gasteiger partial charge in [0.25, 0.3) is 5.91 Å². The predicted octanol–water partition coefficient (Wildman–Crippen LogP) is 4.53. The van der Waals surface area contributed by atoms with Crippen molar-refractivity contribution in [3.05, 3.63) is 65.6 Å². The second-order valence-electron chi connectivity index (χ2n) is 12.8. The van der Waals surface area contributed by atoms with Crippen molar-refractivity contribution < 1.29 is 23.4 Å². The molecule has 7 rings (SSSR count). The lowest BCUT2D eigenvalue weighted by atomic mass is 9.61. The van der Waals surface area contributed by atoms with Gasteiger partial charge in [0.15, 0.2) is 11.6 Å². The summed E-state index contributed by atoms with van der Waals surface area (Å²) >= 11 is 0. The molecule has 5 heterocycles. The smallest absolute Gasteiger partial charge is 0.258 e. The zero-order chi connectivity index (χ0) is 30.3. The molecular weight excluding hydrogens is 563 g/mol. The van der Waals surface area contributed by atoms with Crippen LogP contribution in [-0.4, -0.2) is 76.8 Å². The van der Waals surface area contributed by atoms with Gasteiger partial charge in [-0.25, -0.2) is 14.4 Å². The average Bonchev–Trinajstić information content (AvgIpc) is 2.99. The van der Waals surface area contributed by atoms with Crippen LogP contribution in [0.15, 0.2) is 43.0 Å². The first-order chi connectivity index (χ1) is 21.4. The second-order valence-corrected chi connectivity index (χ2v) is 12.8. The van der Waals surface area contributed by atoms with E-state index in [1.54, 1.807) is 6.20 Å². The van der Waals surface area contributed by atoms with Crippen LogP contribution >= 0.6 is 0 Å². The number of pyridine rings is 1. The normalized spacial score (nSPS) is 19.7. The highest BCUT2D eigenvalue weighted by molar-refractivity contribution is 5.97. The monoisotopic (exact) mass is 602 g/mol. The molecule has 2 aromatic heterocycles. The Morgan fingerprint density at radius 3 is 2.75 bits per heavy atom. The van der Waals surface area contributed by atoms with Crippen LogP contribution in [0.3, 0.4) is 0 Å². The van der Waals surface area contributed by atoms with Gasteiger partial charge in [-0.1, -0.05) is 0 Å². The molecule has 0 radical (unpaired) electrons. The van der Waals surface area contributed by atoms with Gasteiger partial charge in [0, 0.05) is 80.8 Å². The first-order valence-electron chi connectivity index (χ1n) is 15.7. The molecule has 1 N–H and O–H groups in total. The number of carbonyl (C=O) groups excluding carboxylic acids is 1. The Balaban J connectivity index is 1.03. The minimum atomic E-state index is -0.490. The van der Waals surface area contributed by atoms with Gasteiger partial charge >= 0.3 is 0 Å². The second kappa shape index (κ2) is 11.9. The van der Waals surface area contributed by atoms with Crippen molar-refractivity contribution in [1.29, 1.82) is 0 Å². The Hall–Kier alpha value is -3.83. The van der Waals surface area contributed by atoms with E-state index in [9.17, 15) is 9.18 Å². The molecule has 3 fully saturated rings. The third-order valence-electron chi connectivity index (χ3n) is 9.34. The number of halogens is 1. The van der Waals surface area contributed by atoms with Crippen LogP contribution in [0.2, 0.25) is 0 Å². The summed E-state index contributed by atoms with van der Waals surface area (Å²) in [4.78, 5) is 31.2. The van der Waals surface area contributed by atoms with Gasteiger partial charge in [0.05, 0.1) is 11.8 Å². The van der Waals surface area contributed by atoms with E-state index in [4.69, 9.17) is 14.2 Å². The largest absolute Gasteiger partial charge is 0.490 e. The Kier molecular flexibility index (Phi) is 7.84. The lowest BCUT2D eigenvalue weighted by Crippen LogP contribution is -2.65. The number of rotatable bonds is 8. The number of nitrogens with one attached hydrogen (secondary N) is 1. The maximum absolute atomic E-state index is 14.5. The van der Waals surface area contributed by atoms with Gasteiger partial charge in [-0.3, -0.25) is 9.78 Å². The molecule has 0 atom stereocenters. The van der Waals surface area contributed by atoms with E-state index in [1.807, 2.05) is 31.0 Å². The van der Waals surface area contributed by atoms with E-state index in [2.05, 4.69) is 25.2 Å². The SMILES string of the molecule is CC(C)N(C(=O)c1cc(F)ccc1Oc1cncnc1N1CC2(CC(Oc3ccnc4c3CNCC4)C2)C1)C1CCOCC1. The van der Waals surface area contributed by atoms with Gasteiger partial charge in [-0.2, -0.15) is 0 Å². The van der Waals surface area contributed by atoms with E-state index >= 15 is 0 Å². The molecule has 44 heavy (non-hydrogen) atoms. The minimum absolute atomic E-state index is 0.0242. The molecule has 2 saturated heterocycles. The van der Waals surface area contributed by atoms with Crippen LogP contribution in [-0.2, 0) is 17.7 Å². The number of benzene rings is 1. The summed E-state index contributed by atoms with van der Waals surface area (Å²) in [6, 6.07) is 6.03. The Bertz CT molecular complexity index is 1520. The van der Waals surface area contributed by atoms with Crippen LogP contribution in [0.5, 0.6) is 17.2 Å². The number of ether oxygens (including phenoxy) is 3. The molecule has 0 unspecified atom stereocenters. The van der Waals surface area contributed by atoms with Crippen molar-refractivity contribution in [1.82, 2.24) is 25.2 Å². The quantitative estimate of drug-likeness (QED) is 0.399. The van der Waals surface area contributed by atoms with Crippen LogP contribution in [0, 0.1) is 11.2 Å². The minimum Gasteiger partial charge on any atom is -0.490 e. The number of hydrogen-bond donors (Lipinski definition) is 1. The molecule has 3 aromatic rings. The Labute approximate surface area is 256 Å². The molecule has 4 aliphatic rings. The fourth-order valence-corrected chi connectivity index (χ4v) is 7.21. The van der Waals surface area contributed by atoms with Gasteiger partial charge in [0.2, 0.25) is 0 Å². The predicted molar refractivity (Wildman–Crippen MR) is 162 cm³/mol. The van der Waals surface area contributed by atoms with Gasteiger partial charge in [0.1, 0.15) is 29.7 Å². The summed E-state index contributed by atoms with van der Waals surface area (Å²) in [7, 11) is 0. The van der Waals surface area contributed by atoms with Crippen LogP contribution in [0.4, 0.5) is 10.2 Å². The highest BCUT2D eigenvalue weighted by Crippen LogP contribution is 2.52. The Morgan fingerprint density at radius 1 is 1.14 bits per heavy atom. The van der Waals surface area contributed by atoms with Gasteiger partial charge in [-0.15, -0.1) is 0 Å². The first-order valence-corrected chi connectivity index (χ1v) is 15.7. The summed E-state index contributed by atoms with van der Waals surface area (Å²) in [5, 5.41) is 3.42. The summed E-state index contributed by atoms with van der Waals surface area (Å²) in [6.45, 7) is 8.58. The highest BCUT2D eigenvalue weighted by atomic mass is 19.1. The summed E-state index contributed by atoms with van der Waals surface area (Å²) in [5.41, 5.74) is 2.68. The van der Waals surface area contributed by atoms with E-state index in [0.717, 1.165) is 69.7 Å². The molecule has 0 bridgehead atoms. The van der Waals surface area contributed by atoms with Crippen molar-refractivity contribution in [3.8, 4) is 17.2 Å². The molecule has 1 amide bonds.